The van der Waals surface area contributed by atoms with Gasteiger partial charge < -0.3 is 14.4 Å². The largest absolute Gasteiger partial charge is 0.465 e. The molecule has 0 spiro atoms. The highest BCUT2D eigenvalue weighted by molar-refractivity contribution is 5.72. The van der Waals surface area contributed by atoms with Crippen LogP contribution in [0.15, 0.2) is 0 Å². The van der Waals surface area contributed by atoms with E-state index in [1.807, 2.05) is 14.1 Å². The van der Waals surface area contributed by atoms with E-state index in [1.165, 1.54) is 116 Å². The van der Waals surface area contributed by atoms with Gasteiger partial charge in [0.2, 0.25) is 0 Å². The van der Waals surface area contributed by atoms with Crippen molar-refractivity contribution in [2.45, 2.75) is 188 Å². The van der Waals surface area contributed by atoms with E-state index in [0.29, 0.717) is 19.6 Å². The third kappa shape index (κ3) is 31.5. The second-order valence-electron chi connectivity index (χ2n) is 14.1. The van der Waals surface area contributed by atoms with Crippen LogP contribution in [0.3, 0.4) is 0 Å². The van der Waals surface area contributed by atoms with Crippen molar-refractivity contribution in [3.8, 4) is 0 Å². The van der Waals surface area contributed by atoms with Crippen molar-refractivity contribution in [1.29, 1.82) is 0 Å². The standard InChI is InChI=1S/C40H80N2O4/c1-6-9-12-15-19-24-30-38(29-23-14-11-8-3)40(44)46-36-27-22-18-17-21-26-34-42(33-25-20-16-13-10-7-2)35-37-45-39(43)31-28-32-41(4)5/h38H,6-37H2,1-5H3. The first-order valence-electron chi connectivity index (χ1n) is 20.1. The molecule has 0 heterocycles. The van der Waals surface area contributed by atoms with Crippen molar-refractivity contribution in [2.24, 2.45) is 5.92 Å². The number of carbonyl (C=O) groups is 2. The van der Waals surface area contributed by atoms with Gasteiger partial charge in [-0.3, -0.25) is 14.5 Å². The molecule has 1 unspecified atom stereocenters. The Morgan fingerprint density at radius 2 is 0.935 bits per heavy atom. The number of carbonyl (C=O) groups excluding carboxylic acids is 2. The van der Waals surface area contributed by atoms with Crippen molar-refractivity contribution in [3.05, 3.63) is 0 Å². The summed E-state index contributed by atoms with van der Waals surface area (Å²) in [6, 6.07) is 0. The van der Waals surface area contributed by atoms with E-state index in [2.05, 4.69) is 30.6 Å². The Morgan fingerprint density at radius 1 is 0.478 bits per heavy atom. The monoisotopic (exact) mass is 653 g/mol. The summed E-state index contributed by atoms with van der Waals surface area (Å²) in [5, 5.41) is 0. The predicted octanol–water partition coefficient (Wildman–Crippen LogP) is 10.8. The molecule has 0 fully saturated rings. The smallest absolute Gasteiger partial charge is 0.308 e. The molecule has 6 nitrogen and oxygen atoms in total. The van der Waals surface area contributed by atoms with Crippen molar-refractivity contribution in [3.63, 3.8) is 0 Å². The Kier molecular flexibility index (Phi) is 34.3. The first-order valence-corrected chi connectivity index (χ1v) is 20.1. The summed E-state index contributed by atoms with van der Waals surface area (Å²) in [7, 11) is 4.07. The van der Waals surface area contributed by atoms with E-state index in [9.17, 15) is 9.59 Å². The van der Waals surface area contributed by atoms with Gasteiger partial charge in [-0.2, -0.15) is 0 Å². The van der Waals surface area contributed by atoms with Gasteiger partial charge in [0.15, 0.2) is 0 Å². The number of ether oxygens (including phenoxy) is 2. The zero-order chi connectivity index (χ0) is 33.9. The highest BCUT2D eigenvalue weighted by Gasteiger charge is 2.19. The van der Waals surface area contributed by atoms with Crippen LogP contribution in [0.2, 0.25) is 0 Å². The molecule has 0 saturated heterocycles. The van der Waals surface area contributed by atoms with E-state index in [4.69, 9.17) is 9.47 Å². The minimum Gasteiger partial charge on any atom is -0.465 e. The fourth-order valence-electron chi connectivity index (χ4n) is 6.16. The number of esters is 2. The molecule has 0 aliphatic rings. The molecule has 0 saturated carbocycles. The second-order valence-corrected chi connectivity index (χ2v) is 14.1. The van der Waals surface area contributed by atoms with Gasteiger partial charge >= 0.3 is 11.9 Å². The quantitative estimate of drug-likeness (QED) is 0.0496. The fourth-order valence-corrected chi connectivity index (χ4v) is 6.16. The molecule has 46 heavy (non-hydrogen) atoms. The molecule has 0 aromatic heterocycles. The van der Waals surface area contributed by atoms with Crippen LogP contribution in [-0.2, 0) is 19.1 Å². The van der Waals surface area contributed by atoms with Crippen LogP contribution in [0.1, 0.15) is 188 Å². The minimum atomic E-state index is -0.0626. The molecule has 0 aromatic carbocycles. The molecule has 274 valence electrons. The van der Waals surface area contributed by atoms with Crippen molar-refractivity contribution in [1.82, 2.24) is 9.80 Å². The summed E-state index contributed by atoms with van der Waals surface area (Å²) >= 11 is 0. The summed E-state index contributed by atoms with van der Waals surface area (Å²) in [6.45, 7) is 11.8. The minimum absolute atomic E-state index is 0.0626. The number of hydrogen-bond donors (Lipinski definition) is 0. The Morgan fingerprint density at radius 3 is 1.46 bits per heavy atom. The first-order chi connectivity index (χ1) is 22.4. The molecule has 0 N–H and O–H groups in total. The molecule has 0 rings (SSSR count). The van der Waals surface area contributed by atoms with Gasteiger partial charge in [-0.25, -0.2) is 0 Å². The number of unbranched alkanes of at least 4 members (excludes halogenated alkanes) is 18. The average Bonchev–Trinajstić information content (AvgIpc) is 3.03. The number of hydrogen-bond acceptors (Lipinski definition) is 6. The molecular weight excluding hydrogens is 572 g/mol. The van der Waals surface area contributed by atoms with Gasteiger partial charge in [0, 0.05) is 13.0 Å². The van der Waals surface area contributed by atoms with Crippen LogP contribution < -0.4 is 0 Å². The molecule has 0 aliphatic carbocycles. The molecule has 0 amide bonds. The van der Waals surface area contributed by atoms with Gasteiger partial charge in [0.25, 0.3) is 0 Å². The molecule has 0 bridgehead atoms. The van der Waals surface area contributed by atoms with E-state index in [0.717, 1.165) is 71.1 Å². The van der Waals surface area contributed by atoms with E-state index >= 15 is 0 Å². The average molecular weight is 653 g/mol. The third-order valence-electron chi connectivity index (χ3n) is 9.24. The molecule has 1 atom stereocenters. The van der Waals surface area contributed by atoms with E-state index in [1.54, 1.807) is 0 Å². The van der Waals surface area contributed by atoms with Crippen LogP contribution in [0, 0.1) is 5.92 Å². The maximum atomic E-state index is 12.9. The summed E-state index contributed by atoms with van der Waals surface area (Å²) in [4.78, 5) is 29.6. The maximum Gasteiger partial charge on any atom is 0.308 e. The lowest BCUT2D eigenvalue weighted by molar-refractivity contribution is -0.149. The Hall–Kier alpha value is -1.14. The van der Waals surface area contributed by atoms with Crippen molar-refractivity contribution in [2.75, 3.05) is 53.5 Å². The van der Waals surface area contributed by atoms with Crippen LogP contribution in [0.5, 0.6) is 0 Å². The van der Waals surface area contributed by atoms with E-state index in [-0.39, 0.29) is 17.9 Å². The molecule has 0 aliphatic heterocycles. The zero-order valence-electron chi connectivity index (χ0n) is 31.7. The van der Waals surface area contributed by atoms with Crippen LogP contribution in [-0.4, -0.2) is 75.2 Å². The fraction of sp³-hybridized carbons (Fsp3) is 0.950. The SMILES string of the molecule is CCCCCCCCC(CCCCCC)C(=O)OCCCCCCCCN(CCCCCCCC)CCOC(=O)CCCN(C)C. The van der Waals surface area contributed by atoms with Gasteiger partial charge in [-0.05, 0) is 72.3 Å². The Bertz CT molecular complexity index is 657. The van der Waals surface area contributed by atoms with Crippen molar-refractivity contribution < 1.29 is 19.1 Å². The molecule has 0 radical (unpaired) electrons. The number of nitrogens with zero attached hydrogens (tertiary/aromatic N) is 2. The lowest BCUT2D eigenvalue weighted by Crippen LogP contribution is -2.30. The molecular formula is C40H80N2O4. The number of rotatable bonds is 36. The van der Waals surface area contributed by atoms with Gasteiger partial charge in [0.05, 0.1) is 12.5 Å². The Balaban J connectivity index is 4.24. The maximum absolute atomic E-state index is 12.9. The topological polar surface area (TPSA) is 59.1 Å². The molecule has 0 aromatic rings. The second kappa shape index (κ2) is 35.2. The highest BCUT2D eigenvalue weighted by Crippen LogP contribution is 2.21. The normalized spacial score (nSPS) is 12.2. The third-order valence-corrected chi connectivity index (χ3v) is 9.24. The highest BCUT2D eigenvalue weighted by atomic mass is 16.5. The zero-order valence-corrected chi connectivity index (χ0v) is 31.7. The van der Waals surface area contributed by atoms with Gasteiger partial charge in [0.1, 0.15) is 6.61 Å². The summed E-state index contributed by atoms with van der Waals surface area (Å²) in [5.41, 5.74) is 0. The first kappa shape index (κ1) is 44.9. The lowest BCUT2D eigenvalue weighted by Gasteiger charge is -2.22. The summed E-state index contributed by atoms with van der Waals surface area (Å²) in [5.74, 6) is 0.107. The van der Waals surface area contributed by atoms with Gasteiger partial charge in [-0.1, -0.05) is 143 Å². The van der Waals surface area contributed by atoms with Crippen molar-refractivity contribution >= 4 is 11.9 Å². The Labute approximate surface area is 287 Å². The van der Waals surface area contributed by atoms with Crippen LogP contribution >= 0.6 is 0 Å². The summed E-state index contributed by atoms with van der Waals surface area (Å²) < 4.78 is 11.3. The van der Waals surface area contributed by atoms with Crippen LogP contribution in [0.25, 0.3) is 0 Å². The predicted molar refractivity (Wildman–Crippen MR) is 197 cm³/mol. The van der Waals surface area contributed by atoms with Gasteiger partial charge in [-0.15, -0.1) is 0 Å². The summed E-state index contributed by atoms with van der Waals surface area (Å²) in [6.07, 6.45) is 30.7. The molecule has 6 heteroatoms. The van der Waals surface area contributed by atoms with Crippen LogP contribution in [0.4, 0.5) is 0 Å². The van der Waals surface area contributed by atoms with E-state index < -0.39 is 0 Å². The lowest BCUT2D eigenvalue weighted by atomic mass is 9.94.